The van der Waals surface area contributed by atoms with Crippen molar-refractivity contribution < 1.29 is 0 Å². The van der Waals surface area contributed by atoms with Crippen LogP contribution in [0.15, 0.2) is 91.6 Å². The average molecular weight is 311 g/mol. The van der Waals surface area contributed by atoms with E-state index in [4.69, 9.17) is 0 Å². The first kappa shape index (κ1) is 15.8. The minimum atomic E-state index is 1.12. The summed E-state index contributed by atoms with van der Waals surface area (Å²) in [6.07, 6.45) is 6.15. The molecule has 0 bridgehead atoms. The quantitative estimate of drug-likeness (QED) is 0.490. The minimum Gasteiger partial charge on any atom is -0.317 e. The van der Waals surface area contributed by atoms with E-state index in [1.54, 1.807) is 0 Å². The van der Waals surface area contributed by atoms with E-state index < -0.39 is 0 Å². The van der Waals surface area contributed by atoms with Crippen molar-refractivity contribution in [1.82, 2.24) is 0 Å². The zero-order valence-corrected chi connectivity index (χ0v) is 13.9. The highest BCUT2D eigenvalue weighted by Gasteiger charge is 2.09. The molecule has 0 aromatic heterocycles. The summed E-state index contributed by atoms with van der Waals surface area (Å²) in [7, 11) is 0. The molecule has 3 aromatic carbocycles. The molecule has 0 fully saturated rings. The lowest BCUT2D eigenvalue weighted by molar-refractivity contribution is 1.27. The average Bonchev–Trinajstić information content (AvgIpc) is 2.62. The summed E-state index contributed by atoms with van der Waals surface area (Å²) in [5.74, 6) is 0. The van der Waals surface area contributed by atoms with E-state index in [0.717, 1.165) is 16.9 Å². The Labute approximate surface area is 144 Å². The lowest BCUT2D eigenvalue weighted by atomic mass is 10.1. The Bertz CT molecular complexity index is 847. The van der Waals surface area contributed by atoms with Gasteiger partial charge in [-0.2, -0.15) is 0 Å². The first-order chi connectivity index (χ1) is 11.8. The van der Waals surface area contributed by atoms with E-state index in [0.29, 0.717) is 0 Å². The summed E-state index contributed by atoms with van der Waals surface area (Å²) < 4.78 is 0. The zero-order chi connectivity index (χ0) is 16.8. The number of para-hydroxylation sites is 1. The fourth-order valence-corrected chi connectivity index (χ4v) is 2.72. The fraction of sp³-hybridized carbons (Fsp3) is 0.0435. The lowest BCUT2D eigenvalue weighted by Crippen LogP contribution is -2.09. The van der Waals surface area contributed by atoms with Crippen LogP contribution in [0.4, 0.5) is 11.4 Å². The van der Waals surface area contributed by atoms with Gasteiger partial charge in [0.15, 0.2) is 0 Å². The maximum Gasteiger partial charge on any atom is 0.0527 e. The Morgan fingerprint density at radius 3 is 2.29 bits per heavy atom. The number of rotatable bonds is 5. The molecule has 0 heterocycles. The molecule has 0 saturated heterocycles. The number of benzene rings is 3. The van der Waals surface area contributed by atoms with Crippen molar-refractivity contribution in [3.05, 3.63) is 108 Å². The van der Waals surface area contributed by atoms with Crippen molar-refractivity contribution in [2.24, 2.45) is 0 Å². The zero-order valence-electron chi connectivity index (χ0n) is 13.9. The lowest BCUT2D eigenvalue weighted by Gasteiger charge is -2.22. The number of hydrogen-bond acceptors (Lipinski definition) is 1. The molecule has 0 unspecified atom stereocenters. The van der Waals surface area contributed by atoms with Crippen LogP contribution < -0.4 is 4.90 Å². The number of nitrogens with zero attached hydrogens (tertiary/aromatic N) is 1. The number of hydrogen-bond donors (Lipinski definition) is 0. The second-order valence-electron chi connectivity index (χ2n) is 5.69. The van der Waals surface area contributed by atoms with Gasteiger partial charge < -0.3 is 4.90 Å². The third-order valence-electron chi connectivity index (χ3n) is 3.91. The molecule has 0 radical (unpaired) electrons. The normalized spacial score (nSPS) is 10.7. The summed E-state index contributed by atoms with van der Waals surface area (Å²) in [5, 5.41) is 0. The first-order valence-electron chi connectivity index (χ1n) is 8.08. The summed E-state index contributed by atoms with van der Waals surface area (Å²) >= 11 is 0. The van der Waals surface area contributed by atoms with Gasteiger partial charge in [0.1, 0.15) is 0 Å². The van der Waals surface area contributed by atoms with E-state index in [9.17, 15) is 0 Å². The Morgan fingerprint density at radius 1 is 0.792 bits per heavy atom. The Kier molecular flexibility index (Phi) is 4.93. The molecule has 24 heavy (non-hydrogen) atoms. The molecule has 0 saturated carbocycles. The molecule has 3 rings (SSSR count). The van der Waals surface area contributed by atoms with Gasteiger partial charge in [-0.15, -0.1) is 0 Å². The topological polar surface area (TPSA) is 3.24 Å². The molecule has 0 spiro atoms. The van der Waals surface area contributed by atoms with E-state index in [2.05, 4.69) is 91.2 Å². The summed E-state index contributed by atoms with van der Waals surface area (Å²) in [5.41, 5.74) is 5.81. The van der Waals surface area contributed by atoms with Crippen molar-refractivity contribution in [2.45, 2.75) is 6.92 Å². The molecular formula is C23H21N. The van der Waals surface area contributed by atoms with Crippen LogP contribution in [0.3, 0.4) is 0 Å². The van der Waals surface area contributed by atoms with Gasteiger partial charge in [-0.1, -0.05) is 79.4 Å². The molecule has 0 atom stereocenters. The van der Waals surface area contributed by atoms with Gasteiger partial charge in [0.05, 0.1) is 5.69 Å². The highest BCUT2D eigenvalue weighted by molar-refractivity contribution is 5.81. The smallest absolute Gasteiger partial charge is 0.0527 e. The van der Waals surface area contributed by atoms with Crippen molar-refractivity contribution in [2.75, 3.05) is 4.90 Å². The fourth-order valence-electron chi connectivity index (χ4n) is 2.72. The van der Waals surface area contributed by atoms with Gasteiger partial charge in [0, 0.05) is 11.9 Å². The maximum atomic E-state index is 4.00. The van der Waals surface area contributed by atoms with Crippen LogP contribution in [0, 0.1) is 6.92 Å². The number of aryl methyl sites for hydroxylation is 1. The van der Waals surface area contributed by atoms with E-state index >= 15 is 0 Å². The van der Waals surface area contributed by atoms with Crippen LogP contribution in [0.2, 0.25) is 0 Å². The Morgan fingerprint density at radius 2 is 1.54 bits per heavy atom. The first-order valence-corrected chi connectivity index (χ1v) is 8.08. The molecular weight excluding hydrogens is 290 g/mol. The third-order valence-corrected chi connectivity index (χ3v) is 3.91. The van der Waals surface area contributed by atoms with Gasteiger partial charge in [-0.25, -0.2) is 0 Å². The van der Waals surface area contributed by atoms with Gasteiger partial charge in [0.2, 0.25) is 0 Å². The second-order valence-corrected chi connectivity index (χ2v) is 5.69. The highest BCUT2D eigenvalue weighted by atomic mass is 15.1. The summed E-state index contributed by atoms with van der Waals surface area (Å²) in [6, 6.07) is 27.1. The van der Waals surface area contributed by atoms with Crippen LogP contribution >= 0.6 is 0 Å². The SMILES string of the molecule is C=CN(c1cccc(C)c1)c1ccccc1C=Cc1ccccc1. The molecule has 1 nitrogen and oxygen atoms in total. The van der Waals surface area contributed by atoms with Gasteiger partial charge in [-0.3, -0.25) is 0 Å². The minimum absolute atomic E-state index is 1.12. The highest BCUT2D eigenvalue weighted by Crippen LogP contribution is 2.30. The van der Waals surface area contributed by atoms with Crippen LogP contribution in [0.1, 0.15) is 16.7 Å². The number of anilines is 2. The van der Waals surface area contributed by atoms with Crippen LogP contribution in [0.25, 0.3) is 12.2 Å². The largest absolute Gasteiger partial charge is 0.317 e. The van der Waals surface area contributed by atoms with E-state index in [1.807, 2.05) is 24.4 Å². The van der Waals surface area contributed by atoms with Crippen LogP contribution in [-0.4, -0.2) is 0 Å². The Balaban J connectivity index is 1.99. The summed E-state index contributed by atoms with van der Waals surface area (Å²) in [6.45, 7) is 6.11. The van der Waals surface area contributed by atoms with Crippen molar-refractivity contribution in [3.8, 4) is 0 Å². The van der Waals surface area contributed by atoms with Crippen molar-refractivity contribution in [3.63, 3.8) is 0 Å². The van der Waals surface area contributed by atoms with E-state index in [1.165, 1.54) is 11.1 Å². The van der Waals surface area contributed by atoms with Crippen molar-refractivity contribution in [1.29, 1.82) is 0 Å². The molecule has 0 aliphatic heterocycles. The molecule has 0 aliphatic carbocycles. The van der Waals surface area contributed by atoms with Crippen LogP contribution in [0.5, 0.6) is 0 Å². The molecule has 0 N–H and O–H groups in total. The van der Waals surface area contributed by atoms with Gasteiger partial charge >= 0.3 is 0 Å². The second kappa shape index (κ2) is 7.47. The van der Waals surface area contributed by atoms with Crippen LogP contribution in [-0.2, 0) is 0 Å². The molecule has 0 aliphatic rings. The predicted molar refractivity (Wildman–Crippen MR) is 105 cm³/mol. The van der Waals surface area contributed by atoms with Gasteiger partial charge in [0.25, 0.3) is 0 Å². The Hall–Kier alpha value is -3.06. The molecule has 1 heteroatoms. The maximum absolute atomic E-state index is 4.00. The summed E-state index contributed by atoms with van der Waals surface area (Å²) in [4.78, 5) is 2.12. The standard InChI is InChI=1S/C23H21N/c1-3-24(22-14-9-10-19(2)18-22)23-15-8-7-13-21(23)17-16-20-11-5-4-6-12-20/h3-18H,1H2,2H3. The van der Waals surface area contributed by atoms with Crippen molar-refractivity contribution >= 4 is 23.5 Å². The third kappa shape index (κ3) is 3.64. The van der Waals surface area contributed by atoms with E-state index in [-0.39, 0.29) is 0 Å². The van der Waals surface area contributed by atoms with Gasteiger partial charge in [-0.05, 0) is 41.8 Å². The molecule has 0 amide bonds. The molecule has 118 valence electrons. The predicted octanol–water partition coefficient (Wildman–Crippen LogP) is 6.45. The molecule has 3 aromatic rings. The monoisotopic (exact) mass is 311 g/mol.